The molecule has 3 aliphatic rings. The van der Waals surface area contributed by atoms with Gasteiger partial charge in [-0.2, -0.15) is 4.91 Å². The van der Waals surface area contributed by atoms with Gasteiger partial charge in [-0.3, -0.25) is 4.90 Å². The van der Waals surface area contributed by atoms with Gasteiger partial charge in [0.2, 0.25) is 0 Å². The third-order valence-corrected chi connectivity index (χ3v) is 9.73. The van der Waals surface area contributed by atoms with E-state index in [2.05, 4.69) is 101 Å². The summed E-state index contributed by atoms with van der Waals surface area (Å²) in [5.41, 5.74) is 7.35. The Labute approximate surface area is 237 Å². The zero-order chi connectivity index (χ0) is 26.9. The van der Waals surface area contributed by atoms with Crippen LogP contribution in [0.3, 0.4) is 0 Å². The monoisotopic (exact) mass is 528 g/mol. The molecule has 7 rings (SSSR count). The molecule has 4 heteroatoms. The zero-order valence-electron chi connectivity index (χ0n) is 22.9. The quantitative estimate of drug-likeness (QED) is 0.227. The number of rotatable bonds is 7. The van der Waals surface area contributed by atoms with Crippen LogP contribution in [0.4, 0.5) is 0 Å². The van der Waals surface area contributed by atoms with Gasteiger partial charge in [0.1, 0.15) is 18.4 Å². The number of hydrogen-bond acceptors (Lipinski definition) is 4. The number of hydrogen-bond donors (Lipinski definition) is 0. The van der Waals surface area contributed by atoms with Gasteiger partial charge in [-0.25, -0.2) is 0 Å². The summed E-state index contributed by atoms with van der Waals surface area (Å²) in [6, 6.07) is 36.3. The van der Waals surface area contributed by atoms with Crippen LogP contribution < -0.4 is 4.74 Å². The van der Waals surface area contributed by atoms with Crippen molar-refractivity contribution >= 4 is 0 Å². The molecule has 0 radical (unpaired) electrons. The second-order valence-electron chi connectivity index (χ2n) is 11.9. The van der Waals surface area contributed by atoms with E-state index in [4.69, 9.17) is 4.74 Å². The molecule has 1 spiro atoms. The van der Waals surface area contributed by atoms with Gasteiger partial charge in [-0.15, -0.1) is 0 Å². The second-order valence-corrected chi connectivity index (χ2v) is 11.9. The molecule has 4 aromatic rings. The molecule has 4 nitrogen and oxygen atoms in total. The standard InChI is InChI=1S/C36H36N2O2/c39-37-35-33-16-15-31(40-25-30-13-7-8-14-32(30)28-11-5-2-6-12-28)23-29(33)17-20-36(35)24-34(36)38-21-18-27(19-22-38)26-9-3-1-4-10-26/h1-16,23,27,34-35H,17-22,24-25H2/t34-,35-,36?/m1/s1. The maximum Gasteiger partial charge on any atom is 0.124 e. The lowest BCUT2D eigenvalue weighted by atomic mass is 9.76. The summed E-state index contributed by atoms with van der Waals surface area (Å²) in [6.45, 7) is 2.73. The summed E-state index contributed by atoms with van der Waals surface area (Å²) in [4.78, 5) is 15.0. The Morgan fingerprint density at radius 1 is 0.850 bits per heavy atom. The van der Waals surface area contributed by atoms with Crippen LogP contribution >= 0.6 is 0 Å². The highest BCUT2D eigenvalue weighted by molar-refractivity contribution is 5.67. The predicted molar refractivity (Wildman–Crippen MR) is 160 cm³/mol. The van der Waals surface area contributed by atoms with E-state index in [0.717, 1.165) is 49.2 Å². The summed E-state index contributed by atoms with van der Waals surface area (Å²) in [5.74, 6) is 1.51. The summed E-state index contributed by atoms with van der Waals surface area (Å²) >= 11 is 0. The Morgan fingerprint density at radius 3 is 2.35 bits per heavy atom. The lowest BCUT2D eigenvalue weighted by Gasteiger charge is -2.37. The molecule has 0 aromatic heterocycles. The molecule has 1 saturated carbocycles. The van der Waals surface area contributed by atoms with E-state index in [1.807, 2.05) is 12.1 Å². The number of likely N-dealkylation sites (tertiary alicyclic amines) is 1. The van der Waals surface area contributed by atoms with Gasteiger partial charge >= 0.3 is 0 Å². The molecule has 1 heterocycles. The minimum Gasteiger partial charge on any atom is -0.489 e. The Balaban J connectivity index is 1.03. The van der Waals surface area contributed by atoms with E-state index in [0.29, 0.717) is 18.6 Å². The van der Waals surface area contributed by atoms with Crippen LogP contribution in [0, 0.1) is 10.3 Å². The zero-order valence-corrected chi connectivity index (χ0v) is 22.9. The lowest BCUT2D eigenvalue weighted by Crippen LogP contribution is -2.39. The highest BCUT2D eigenvalue weighted by atomic mass is 16.5. The Hall–Kier alpha value is -3.76. The Morgan fingerprint density at radius 2 is 1.57 bits per heavy atom. The second kappa shape index (κ2) is 10.7. The van der Waals surface area contributed by atoms with Crippen LogP contribution in [-0.4, -0.2) is 24.0 Å². The molecule has 3 atom stereocenters. The first kappa shape index (κ1) is 25.2. The first-order valence-electron chi connectivity index (χ1n) is 14.8. The molecule has 0 N–H and O–H groups in total. The van der Waals surface area contributed by atoms with Crippen LogP contribution in [0.2, 0.25) is 0 Å². The fourth-order valence-corrected chi connectivity index (χ4v) is 7.46. The summed E-state index contributed by atoms with van der Waals surface area (Å²) < 4.78 is 6.30. The number of fused-ring (bicyclic) bond motifs is 1. The number of benzene rings is 4. The molecule has 0 bridgehead atoms. The predicted octanol–water partition coefficient (Wildman–Crippen LogP) is 8.32. The van der Waals surface area contributed by atoms with Crippen molar-refractivity contribution in [3.63, 3.8) is 0 Å². The van der Waals surface area contributed by atoms with Gasteiger partial charge in [0.25, 0.3) is 0 Å². The van der Waals surface area contributed by atoms with Crippen molar-refractivity contribution in [2.24, 2.45) is 10.6 Å². The van der Waals surface area contributed by atoms with Gasteiger partial charge in [0, 0.05) is 11.5 Å². The average Bonchev–Trinajstić information content (AvgIpc) is 3.75. The Bertz CT molecular complexity index is 1480. The molecule has 4 aromatic carbocycles. The number of nitrogens with zero attached hydrogens (tertiary/aromatic N) is 2. The van der Waals surface area contributed by atoms with Crippen molar-refractivity contribution in [2.45, 2.75) is 56.7 Å². The first-order valence-corrected chi connectivity index (χ1v) is 14.8. The van der Waals surface area contributed by atoms with Crippen LogP contribution in [0.15, 0.2) is 108 Å². The van der Waals surface area contributed by atoms with Crippen LogP contribution in [0.1, 0.15) is 59.9 Å². The highest BCUT2D eigenvalue weighted by Gasteiger charge is 2.63. The van der Waals surface area contributed by atoms with Crippen molar-refractivity contribution < 1.29 is 4.74 Å². The van der Waals surface area contributed by atoms with Gasteiger partial charge < -0.3 is 4.74 Å². The third kappa shape index (κ3) is 4.65. The minimum absolute atomic E-state index is 0.00529. The SMILES string of the molecule is O=N[C@@H]1c2ccc(OCc3ccccc3-c3ccccc3)cc2CCC12C[C@H]2N1CCC(c2ccccc2)CC1. The molecule has 1 saturated heterocycles. The number of ether oxygens (including phenoxy) is 1. The highest BCUT2D eigenvalue weighted by Crippen LogP contribution is 2.64. The molecule has 2 aliphatic carbocycles. The van der Waals surface area contributed by atoms with Gasteiger partial charge in [-0.05, 0) is 96.6 Å². The summed E-state index contributed by atoms with van der Waals surface area (Å²) in [5, 5.41) is 3.76. The topological polar surface area (TPSA) is 41.9 Å². The third-order valence-electron chi connectivity index (χ3n) is 9.73. The molecule has 1 aliphatic heterocycles. The Kier molecular flexibility index (Phi) is 6.73. The smallest absolute Gasteiger partial charge is 0.124 e. The average molecular weight is 529 g/mol. The minimum atomic E-state index is -0.263. The van der Waals surface area contributed by atoms with Crippen molar-refractivity contribution in [2.75, 3.05) is 13.1 Å². The molecule has 1 unspecified atom stereocenters. The van der Waals surface area contributed by atoms with Crippen LogP contribution in [0.25, 0.3) is 11.1 Å². The lowest BCUT2D eigenvalue weighted by molar-refractivity contribution is 0.160. The van der Waals surface area contributed by atoms with E-state index < -0.39 is 0 Å². The van der Waals surface area contributed by atoms with Gasteiger partial charge in [0.15, 0.2) is 0 Å². The van der Waals surface area contributed by atoms with E-state index in [1.165, 1.54) is 35.1 Å². The van der Waals surface area contributed by atoms with Crippen molar-refractivity contribution in [1.29, 1.82) is 0 Å². The fourth-order valence-electron chi connectivity index (χ4n) is 7.46. The molecular weight excluding hydrogens is 492 g/mol. The first-order chi connectivity index (χ1) is 19.7. The summed E-state index contributed by atoms with van der Waals surface area (Å²) in [6.07, 6.45) is 5.49. The maximum absolute atomic E-state index is 12.3. The van der Waals surface area contributed by atoms with Gasteiger partial charge in [-0.1, -0.05) is 96.2 Å². The summed E-state index contributed by atoms with van der Waals surface area (Å²) in [7, 11) is 0. The van der Waals surface area contributed by atoms with E-state index >= 15 is 0 Å². The largest absolute Gasteiger partial charge is 0.489 e. The molecule has 40 heavy (non-hydrogen) atoms. The normalized spacial score (nSPS) is 24.4. The molecule has 2 fully saturated rings. The number of piperidine rings is 1. The number of nitroso groups, excluding NO2 is 1. The van der Waals surface area contributed by atoms with Crippen molar-refractivity contribution in [3.05, 3.63) is 130 Å². The van der Waals surface area contributed by atoms with E-state index in [1.54, 1.807) is 0 Å². The van der Waals surface area contributed by atoms with E-state index in [-0.39, 0.29) is 11.5 Å². The maximum atomic E-state index is 12.3. The number of aryl methyl sites for hydroxylation is 1. The fraction of sp³-hybridized carbons (Fsp3) is 0.333. The molecular formula is C36H36N2O2. The van der Waals surface area contributed by atoms with Gasteiger partial charge in [0.05, 0.1) is 0 Å². The van der Waals surface area contributed by atoms with Crippen molar-refractivity contribution in [1.82, 2.24) is 4.90 Å². The molecule has 0 amide bonds. The van der Waals surface area contributed by atoms with E-state index in [9.17, 15) is 4.91 Å². The van der Waals surface area contributed by atoms with Crippen LogP contribution in [0.5, 0.6) is 5.75 Å². The molecule has 202 valence electrons. The van der Waals surface area contributed by atoms with Crippen LogP contribution in [-0.2, 0) is 13.0 Å². The van der Waals surface area contributed by atoms with Crippen molar-refractivity contribution in [3.8, 4) is 16.9 Å².